The van der Waals surface area contributed by atoms with Crippen molar-refractivity contribution in [2.45, 2.75) is 89.5 Å². The number of aliphatic hydroxyl groups is 1. The maximum atomic E-state index is 14.7. The number of aliphatic hydroxyl groups excluding tert-OH is 1. The van der Waals surface area contributed by atoms with E-state index in [4.69, 9.17) is 27.7 Å². The van der Waals surface area contributed by atoms with Crippen LogP contribution in [0, 0.1) is 17.6 Å². The SMILES string of the molecule is CC(C)(C)[Si](C)(C)ONC(=O)[C@H]1CC[C@H](n2ncc(C(=O)N(Cc3cc(F)cc(F)c3)CC(O)c3c(Cl)cncc3Cl)c2C(F)(F)F)CC1. The molecule has 1 fully saturated rings. The van der Waals surface area contributed by atoms with Gasteiger partial charge in [0.2, 0.25) is 14.2 Å². The summed E-state index contributed by atoms with van der Waals surface area (Å²) >= 11 is 12.3. The van der Waals surface area contributed by atoms with Crippen molar-refractivity contribution in [3.63, 3.8) is 0 Å². The van der Waals surface area contributed by atoms with Gasteiger partial charge in [-0.3, -0.25) is 19.3 Å². The molecule has 3 aromatic rings. The van der Waals surface area contributed by atoms with Crippen molar-refractivity contribution in [1.82, 2.24) is 25.1 Å². The van der Waals surface area contributed by atoms with Crippen LogP contribution in [-0.2, 0) is 22.0 Å². The van der Waals surface area contributed by atoms with Gasteiger partial charge in [-0.1, -0.05) is 44.0 Å². The van der Waals surface area contributed by atoms with Crippen molar-refractivity contribution in [2.24, 2.45) is 5.92 Å². The fourth-order valence-corrected chi connectivity index (χ4v) is 6.71. The Morgan fingerprint density at radius 3 is 2.14 bits per heavy atom. The fourth-order valence-electron chi connectivity index (χ4n) is 5.43. The van der Waals surface area contributed by atoms with Gasteiger partial charge in [0.15, 0.2) is 5.69 Å². The first kappa shape index (κ1) is 38.7. The van der Waals surface area contributed by atoms with Gasteiger partial charge in [-0.2, -0.15) is 18.3 Å². The predicted molar refractivity (Wildman–Crippen MR) is 175 cm³/mol. The summed E-state index contributed by atoms with van der Waals surface area (Å²) in [6.07, 6.45) is -2.65. The highest BCUT2D eigenvalue weighted by molar-refractivity contribution is 6.74. The summed E-state index contributed by atoms with van der Waals surface area (Å²) in [6, 6.07) is 1.66. The molecule has 2 heterocycles. The molecule has 0 saturated heterocycles. The third kappa shape index (κ3) is 9.17. The number of rotatable bonds is 10. The van der Waals surface area contributed by atoms with Crippen LogP contribution < -0.4 is 5.48 Å². The number of alkyl halides is 3. The van der Waals surface area contributed by atoms with Crippen LogP contribution >= 0.6 is 23.2 Å². The second-order valence-electron chi connectivity index (χ2n) is 13.7. The van der Waals surface area contributed by atoms with E-state index in [1.807, 2.05) is 33.9 Å². The number of nitrogens with one attached hydrogen (secondary N) is 1. The number of hydrogen-bond donors (Lipinski definition) is 2. The topological polar surface area (TPSA) is 110 Å². The van der Waals surface area contributed by atoms with Gasteiger partial charge in [-0.25, -0.2) is 14.3 Å². The highest BCUT2D eigenvalue weighted by atomic mass is 35.5. The van der Waals surface area contributed by atoms with Crippen molar-refractivity contribution in [1.29, 1.82) is 0 Å². The maximum Gasteiger partial charge on any atom is 0.433 e. The standard InChI is InChI=1S/C32H38Cl2F5N5O4Si/c1-31(2,3)49(4,5)48-42-29(46)19-6-8-22(9-7-19)44-28(32(37,38)39)23(13-41-44)30(47)43(16-18-10-20(35)12-21(36)11-18)17-26(45)27-24(33)14-40-15-25(27)34/h10-15,19,22,26,45H,6-9,16-17H2,1-5H3,(H,42,46)/t19-,22-,26?. The Morgan fingerprint density at radius 2 is 1.61 bits per heavy atom. The van der Waals surface area contributed by atoms with Crippen LogP contribution in [0.1, 0.15) is 85.8 Å². The molecule has 0 radical (unpaired) electrons. The summed E-state index contributed by atoms with van der Waals surface area (Å²) < 4.78 is 78.8. The Bertz CT molecular complexity index is 1640. The van der Waals surface area contributed by atoms with Crippen molar-refractivity contribution in [3.8, 4) is 0 Å². The fraction of sp³-hybridized carbons (Fsp3) is 0.500. The number of aromatic nitrogens is 3. The Labute approximate surface area is 291 Å². The molecule has 0 spiro atoms. The number of carbonyl (C=O) groups excluding carboxylic acids is 2. The zero-order chi connectivity index (χ0) is 36.5. The molecule has 2 amide bonds. The molecule has 17 heteroatoms. The molecule has 268 valence electrons. The van der Waals surface area contributed by atoms with Gasteiger partial charge in [0.05, 0.1) is 40.5 Å². The van der Waals surface area contributed by atoms with Crippen LogP contribution in [0.3, 0.4) is 0 Å². The zero-order valence-corrected chi connectivity index (χ0v) is 30.1. The normalized spacial score (nSPS) is 17.9. The Hall–Kier alpha value is -3.11. The van der Waals surface area contributed by atoms with Crippen molar-refractivity contribution < 1.29 is 41.2 Å². The molecule has 0 bridgehead atoms. The minimum absolute atomic E-state index is 0.0381. The van der Waals surface area contributed by atoms with Crippen molar-refractivity contribution in [3.05, 3.63) is 80.9 Å². The average molecular weight is 751 g/mol. The number of hydrogen-bond acceptors (Lipinski definition) is 6. The lowest BCUT2D eigenvalue weighted by atomic mass is 9.85. The smallest absolute Gasteiger partial charge is 0.386 e. The predicted octanol–water partition coefficient (Wildman–Crippen LogP) is 8.04. The monoisotopic (exact) mass is 749 g/mol. The lowest BCUT2D eigenvalue weighted by Gasteiger charge is -2.36. The van der Waals surface area contributed by atoms with E-state index in [0.717, 1.165) is 27.9 Å². The quantitative estimate of drug-likeness (QED) is 0.123. The largest absolute Gasteiger partial charge is 0.433 e. The van der Waals surface area contributed by atoms with E-state index in [2.05, 4.69) is 15.6 Å². The molecule has 1 aromatic carbocycles. The number of halogens is 7. The summed E-state index contributed by atoms with van der Waals surface area (Å²) in [7, 11) is -2.29. The van der Waals surface area contributed by atoms with Gasteiger partial charge in [-0.05, 0) is 61.5 Å². The van der Waals surface area contributed by atoms with Gasteiger partial charge in [-0.15, -0.1) is 0 Å². The van der Waals surface area contributed by atoms with Gasteiger partial charge < -0.3 is 14.5 Å². The molecule has 1 aliphatic carbocycles. The number of hydroxylamine groups is 1. The van der Waals surface area contributed by atoms with Gasteiger partial charge in [0.25, 0.3) is 5.91 Å². The van der Waals surface area contributed by atoms with Gasteiger partial charge in [0, 0.05) is 36.5 Å². The molecule has 49 heavy (non-hydrogen) atoms. The van der Waals surface area contributed by atoms with Crippen LogP contribution in [0.25, 0.3) is 0 Å². The molecule has 0 aliphatic heterocycles. The van der Waals surface area contributed by atoms with Crippen LogP contribution in [0.5, 0.6) is 0 Å². The molecule has 2 aromatic heterocycles. The van der Waals surface area contributed by atoms with Gasteiger partial charge >= 0.3 is 6.18 Å². The molecule has 1 unspecified atom stereocenters. The molecular formula is C32H38Cl2F5N5O4Si. The molecule has 1 atom stereocenters. The molecule has 4 rings (SSSR count). The van der Waals surface area contributed by atoms with E-state index in [9.17, 15) is 36.6 Å². The third-order valence-corrected chi connectivity index (χ3v) is 13.9. The summed E-state index contributed by atoms with van der Waals surface area (Å²) in [5.74, 6) is -3.97. The first-order valence-electron chi connectivity index (χ1n) is 15.5. The van der Waals surface area contributed by atoms with E-state index in [1.54, 1.807) is 0 Å². The Kier molecular flexibility index (Phi) is 11.9. The maximum absolute atomic E-state index is 14.7. The van der Waals surface area contributed by atoms with Crippen LogP contribution in [-0.4, -0.2) is 51.4 Å². The van der Waals surface area contributed by atoms with Gasteiger partial charge in [0.1, 0.15) is 11.6 Å². The second kappa shape index (κ2) is 15.0. The molecule has 1 aliphatic rings. The minimum atomic E-state index is -5.04. The summed E-state index contributed by atoms with van der Waals surface area (Å²) in [5.41, 5.74) is 0.293. The lowest BCUT2D eigenvalue weighted by Crippen LogP contribution is -2.48. The Balaban J connectivity index is 1.60. The number of benzene rings is 1. The summed E-state index contributed by atoms with van der Waals surface area (Å²) in [6.45, 7) is 8.78. The Morgan fingerprint density at radius 1 is 1.04 bits per heavy atom. The lowest BCUT2D eigenvalue weighted by molar-refractivity contribution is -0.146. The number of carbonyl (C=O) groups is 2. The van der Waals surface area contributed by atoms with Crippen LogP contribution in [0.15, 0.2) is 36.8 Å². The van der Waals surface area contributed by atoms with E-state index in [-0.39, 0.29) is 57.8 Å². The third-order valence-electron chi connectivity index (χ3n) is 9.12. The van der Waals surface area contributed by atoms with E-state index in [1.165, 1.54) is 12.4 Å². The zero-order valence-electron chi connectivity index (χ0n) is 27.5. The van der Waals surface area contributed by atoms with Crippen molar-refractivity contribution >= 4 is 43.3 Å². The first-order chi connectivity index (χ1) is 22.7. The first-order valence-corrected chi connectivity index (χ1v) is 19.2. The molecular weight excluding hydrogens is 712 g/mol. The summed E-state index contributed by atoms with van der Waals surface area (Å²) in [5, 5.41) is 14.7. The van der Waals surface area contributed by atoms with Crippen molar-refractivity contribution in [2.75, 3.05) is 6.54 Å². The van der Waals surface area contributed by atoms with E-state index in [0.29, 0.717) is 6.07 Å². The number of pyridine rings is 1. The number of nitrogens with zero attached hydrogens (tertiary/aromatic N) is 4. The van der Waals surface area contributed by atoms with Crippen LogP contribution in [0.2, 0.25) is 28.2 Å². The average Bonchev–Trinajstić information content (AvgIpc) is 3.44. The molecule has 2 N–H and O–H groups in total. The summed E-state index contributed by atoms with van der Waals surface area (Å²) in [4.78, 5) is 31.4. The van der Waals surface area contributed by atoms with E-state index < -0.39 is 74.4 Å². The highest BCUT2D eigenvalue weighted by Crippen LogP contribution is 2.40. The van der Waals surface area contributed by atoms with Crippen LogP contribution in [0.4, 0.5) is 22.0 Å². The molecule has 9 nitrogen and oxygen atoms in total. The number of amides is 2. The minimum Gasteiger partial charge on any atom is -0.386 e. The second-order valence-corrected chi connectivity index (χ2v) is 19.2. The molecule has 1 saturated carbocycles. The highest BCUT2D eigenvalue weighted by Gasteiger charge is 2.44. The van der Waals surface area contributed by atoms with E-state index >= 15 is 0 Å².